The van der Waals surface area contributed by atoms with Gasteiger partial charge in [0, 0.05) is 40.5 Å². The van der Waals surface area contributed by atoms with E-state index in [1.807, 2.05) is 30.4 Å². The van der Waals surface area contributed by atoms with Gasteiger partial charge >= 0.3 is 0 Å². The van der Waals surface area contributed by atoms with Gasteiger partial charge in [0.25, 0.3) is 0 Å². The van der Waals surface area contributed by atoms with Crippen LogP contribution in [0.15, 0.2) is 18.2 Å². The van der Waals surface area contributed by atoms with Gasteiger partial charge in [-0.15, -0.1) is 17.8 Å². The van der Waals surface area contributed by atoms with Gasteiger partial charge < -0.3 is 4.74 Å². The van der Waals surface area contributed by atoms with Crippen molar-refractivity contribution in [1.82, 2.24) is 4.90 Å². The second-order valence-electron chi connectivity index (χ2n) is 7.31. The Morgan fingerprint density at radius 1 is 1.38 bits per heavy atom. The second kappa shape index (κ2) is 6.90. The van der Waals surface area contributed by atoms with E-state index in [2.05, 4.69) is 16.9 Å². The van der Waals surface area contributed by atoms with Crippen LogP contribution in [-0.2, 0) is 13.0 Å². The van der Waals surface area contributed by atoms with Crippen molar-refractivity contribution in [1.29, 1.82) is 0 Å². The molecule has 134 valence electrons. The highest BCUT2D eigenvalue weighted by Crippen LogP contribution is 2.39. The zero-order valence-electron chi connectivity index (χ0n) is 15.3. The van der Waals surface area contributed by atoms with E-state index in [9.17, 15) is 4.79 Å². The summed E-state index contributed by atoms with van der Waals surface area (Å²) in [4.78, 5) is 17.4. The number of fused-ring (bicyclic) bond motifs is 1. The third-order valence-electron chi connectivity index (χ3n) is 5.40. The van der Waals surface area contributed by atoms with E-state index >= 15 is 0 Å². The Kier molecular flexibility index (Phi) is 4.60. The average Bonchev–Trinajstić information content (AvgIpc) is 3.36. The average molecular weight is 365 g/mol. The highest BCUT2D eigenvalue weighted by Gasteiger charge is 2.27. The van der Waals surface area contributed by atoms with Crippen LogP contribution >= 0.6 is 11.3 Å². The number of terminal acetylenes is 1. The van der Waals surface area contributed by atoms with Crippen molar-refractivity contribution in [2.24, 2.45) is 5.92 Å². The SMILES string of the molecule is C#CC(=O)c1cc(-c2cc3c(s2)CCN(CC2CC2)C3)cc(OC)c1C. The van der Waals surface area contributed by atoms with Crippen LogP contribution in [0.5, 0.6) is 5.75 Å². The molecule has 0 amide bonds. The zero-order valence-corrected chi connectivity index (χ0v) is 16.1. The molecule has 0 atom stereocenters. The molecule has 2 aromatic rings. The molecule has 0 saturated heterocycles. The molecule has 0 N–H and O–H groups in total. The zero-order chi connectivity index (χ0) is 18.3. The molecule has 2 heterocycles. The Morgan fingerprint density at radius 3 is 2.88 bits per heavy atom. The quantitative estimate of drug-likeness (QED) is 0.449. The largest absolute Gasteiger partial charge is 0.496 e. The fraction of sp³-hybridized carbons (Fsp3) is 0.409. The highest BCUT2D eigenvalue weighted by atomic mass is 32.1. The normalized spacial score (nSPS) is 16.8. The van der Waals surface area contributed by atoms with E-state index in [-0.39, 0.29) is 5.78 Å². The molecule has 1 fully saturated rings. The van der Waals surface area contributed by atoms with Crippen molar-refractivity contribution in [3.8, 4) is 28.5 Å². The topological polar surface area (TPSA) is 29.5 Å². The number of carbonyl (C=O) groups excluding carboxylic acids is 1. The van der Waals surface area contributed by atoms with Crippen LogP contribution in [-0.4, -0.2) is 30.9 Å². The lowest BCUT2D eigenvalue weighted by molar-refractivity contribution is 0.105. The van der Waals surface area contributed by atoms with Gasteiger partial charge in [0.05, 0.1) is 7.11 Å². The van der Waals surface area contributed by atoms with Crippen LogP contribution in [0.2, 0.25) is 0 Å². The summed E-state index contributed by atoms with van der Waals surface area (Å²) < 4.78 is 5.49. The third kappa shape index (κ3) is 3.30. The number of thiophene rings is 1. The lowest BCUT2D eigenvalue weighted by atomic mass is 9.99. The minimum Gasteiger partial charge on any atom is -0.496 e. The van der Waals surface area contributed by atoms with E-state index in [4.69, 9.17) is 11.2 Å². The maximum absolute atomic E-state index is 12.1. The monoisotopic (exact) mass is 365 g/mol. The number of carbonyl (C=O) groups is 1. The minimum atomic E-state index is -0.292. The van der Waals surface area contributed by atoms with Crippen LogP contribution in [0.1, 0.15) is 39.2 Å². The maximum atomic E-state index is 12.1. The number of rotatable bonds is 5. The van der Waals surface area contributed by atoms with Gasteiger partial charge in [-0.3, -0.25) is 9.69 Å². The van der Waals surface area contributed by atoms with Gasteiger partial charge in [0.1, 0.15) is 5.75 Å². The number of ketones is 1. The van der Waals surface area contributed by atoms with E-state index in [1.165, 1.54) is 34.7 Å². The molecule has 4 heteroatoms. The summed E-state index contributed by atoms with van der Waals surface area (Å²) in [5.41, 5.74) is 3.81. The van der Waals surface area contributed by atoms with Gasteiger partial charge in [-0.05, 0) is 67.4 Å². The molecule has 2 aliphatic rings. The predicted octanol–water partition coefficient (Wildman–Crippen LogP) is 4.32. The summed E-state index contributed by atoms with van der Waals surface area (Å²) in [6.07, 6.45) is 9.26. The Hall–Kier alpha value is -2.09. The van der Waals surface area contributed by atoms with E-state index in [0.29, 0.717) is 11.3 Å². The number of ether oxygens (including phenoxy) is 1. The molecule has 4 rings (SSSR count). The summed E-state index contributed by atoms with van der Waals surface area (Å²) in [6.45, 7) is 5.31. The summed E-state index contributed by atoms with van der Waals surface area (Å²) >= 11 is 1.83. The van der Waals surface area contributed by atoms with Crippen molar-refractivity contribution in [2.75, 3.05) is 20.2 Å². The van der Waals surface area contributed by atoms with Gasteiger partial charge in [-0.1, -0.05) is 0 Å². The van der Waals surface area contributed by atoms with Crippen LogP contribution in [0, 0.1) is 25.2 Å². The fourth-order valence-electron chi connectivity index (χ4n) is 3.71. The summed E-state index contributed by atoms with van der Waals surface area (Å²) in [5, 5.41) is 0. The number of hydrogen-bond acceptors (Lipinski definition) is 4. The first-order chi connectivity index (χ1) is 12.6. The molecule has 1 aliphatic carbocycles. The number of hydrogen-bond donors (Lipinski definition) is 0. The van der Waals surface area contributed by atoms with Crippen LogP contribution in [0.3, 0.4) is 0 Å². The maximum Gasteiger partial charge on any atom is 0.236 e. The Labute approximate surface area is 159 Å². The van der Waals surface area contributed by atoms with E-state index < -0.39 is 0 Å². The summed E-state index contributed by atoms with van der Waals surface area (Å²) in [7, 11) is 1.63. The second-order valence-corrected chi connectivity index (χ2v) is 8.45. The molecular formula is C22H23NO2S. The standard InChI is InChI=1S/C22H23NO2S/c1-4-19(24)18-9-16(10-20(25-3)14(18)2)22-11-17-13-23(12-15-5-6-15)8-7-21(17)26-22/h1,9-11,15H,5-8,12-13H2,2-3H3. The molecule has 1 saturated carbocycles. The summed E-state index contributed by atoms with van der Waals surface area (Å²) in [6, 6.07) is 6.22. The molecule has 0 radical (unpaired) electrons. The number of nitrogens with zero attached hydrogens (tertiary/aromatic N) is 1. The first-order valence-corrected chi connectivity index (χ1v) is 9.94. The van der Waals surface area contributed by atoms with Crippen molar-refractivity contribution in [3.63, 3.8) is 0 Å². The fourth-order valence-corrected chi connectivity index (χ4v) is 4.86. The molecule has 3 nitrogen and oxygen atoms in total. The first-order valence-electron chi connectivity index (χ1n) is 9.13. The van der Waals surface area contributed by atoms with Crippen molar-refractivity contribution in [2.45, 2.75) is 32.7 Å². The molecule has 0 unspecified atom stereocenters. The van der Waals surface area contributed by atoms with Crippen molar-refractivity contribution < 1.29 is 9.53 Å². The van der Waals surface area contributed by atoms with Crippen LogP contribution in [0.25, 0.3) is 10.4 Å². The molecule has 0 bridgehead atoms. The third-order valence-corrected chi connectivity index (χ3v) is 6.69. The number of Topliss-reactive ketones (excluding diaryl/α,β-unsaturated/α-hetero) is 1. The summed E-state index contributed by atoms with van der Waals surface area (Å²) in [5.74, 6) is 3.58. The molecule has 0 spiro atoms. The van der Waals surface area contributed by atoms with Crippen LogP contribution < -0.4 is 4.74 Å². The lowest BCUT2D eigenvalue weighted by Crippen LogP contribution is -2.31. The highest BCUT2D eigenvalue weighted by molar-refractivity contribution is 7.15. The Bertz CT molecular complexity index is 902. The molecule has 1 aliphatic heterocycles. The van der Waals surface area contributed by atoms with Crippen LogP contribution in [0.4, 0.5) is 0 Å². The lowest BCUT2D eigenvalue weighted by Gasteiger charge is -2.26. The number of benzene rings is 1. The van der Waals surface area contributed by atoms with E-state index in [0.717, 1.165) is 36.6 Å². The Balaban J connectivity index is 1.67. The van der Waals surface area contributed by atoms with Gasteiger partial charge in [0.2, 0.25) is 5.78 Å². The predicted molar refractivity (Wildman–Crippen MR) is 106 cm³/mol. The molecule has 1 aromatic heterocycles. The Morgan fingerprint density at radius 2 is 2.19 bits per heavy atom. The molecular weight excluding hydrogens is 342 g/mol. The van der Waals surface area contributed by atoms with Gasteiger partial charge in [-0.25, -0.2) is 0 Å². The smallest absolute Gasteiger partial charge is 0.236 e. The van der Waals surface area contributed by atoms with E-state index in [1.54, 1.807) is 7.11 Å². The van der Waals surface area contributed by atoms with Crippen molar-refractivity contribution in [3.05, 3.63) is 39.8 Å². The minimum absolute atomic E-state index is 0.292. The molecule has 1 aromatic carbocycles. The number of methoxy groups -OCH3 is 1. The van der Waals surface area contributed by atoms with Crippen molar-refractivity contribution >= 4 is 17.1 Å². The van der Waals surface area contributed by atoms with Gasteiger partial charge in [0.15, 0.2) is 0 Å². The molecule has 26 heavy (non-hydrogen) atoms. The van der Waals surface area contributed by atoms with Gasteiger partial charge in [-0.2, -0.15) is 0 Å². The first kappa shape index (κ1) is 17.3.